The molecule has 96 valence electrons. The molecule has 0 spiro atoms. The molecule has 0 amide bonds. The molecule has 2 rings (SSSR count). The number of aryl methyl sites for hydroxylation is 1. The normalized spacial score (nSPS) is 11.4. The summed E-state index contributed by atoms with van der Waals surface area (Å²) in [7, 11) is 0. The minimum absolute atomic E-state index is 0.190. The van der Waals surface area contributed by atoms with Crippen molar-refractivity contribution in [1.29, 1.82) is 0 Å². The lowest BCUT2D eigenvalue weighted by atomic mass is 10.0. The van der Waals surface area contributed by atoms with Crippen LogP contribution in [0.1, 0.15) is 16.7 Å². The van der Waals surface area contributed by atoms with E-state index in [1.807, 2.05) is 6.07 Å². The Morgan fingerprint density at radius 3 is 2.42 bits per heavy atom. The zero-order valence-electron chi connectivity index (χ0n) is 10.4. The average molecular weight is 256 g/mol. The summed E-state index contributed by atoms with van der Waals surface area (Å²) in [6, 6.07) is 13.1. The first kappa shape index (κ1) is 13.0. The lowest BCUT2D eigenvalue weighted by molar-refractivity contribution is -0.130. The largest absolute Gasteiger partial charge is 0.478 e. The van der Waals surface area contributed by atoms with Crippen LogP contribution in [-0.2, 0) is 4.79 Å². The van der Waals surface area contributed by atoms with Crippen molar-refractivity contribution in [3.05, 3.63) is 71.0 Å². The fraction of sp³-hybridized carbons (Fsp3) is 0.0625. The summed E-state index contributed by atoms with van der Waals surface area (Å²) in [5.74, 6) is -1.33. The first-order valence-electron chi connectivity index (χ1n) is 5.84. The number of carboxylic acids is 1. The molecule has 0 saturated heterocycles. The Morgan fingerprint density at radius 1 is 1.16 bits per heavy atom. The number of rotatable bonds is 3. The standard InChI is InChI=1S/C16H13FO2/c1-11-9-14(17)8-7-13(11)10-15(16(18)19)12-5-3-2-4-6-12/h2-10H,1H3,(H,18,19)/b15-10+. The van der Waals surface area contributed by atoms with Crippen molar-refractivity contribution in [3.63, 3.8) is 0 Å². The third kappa shape index (κ3) is 3.07. The highest BCUT2D eigenvalue weighted by Gasteiger charge is 2.10. The van der Waals surface area contributed by atoms with Gasteiger partial charge in [0.25, 0.3) is 0 Å². The molecule has 0 saturated carbocycles. The quantitative estimate of drug-likeness (QED) is 0.670. The molecular formula is C16H13FO2. The summed E-state index contributed by atoms with van der Waals surface area (Å²) in [5.41, 5.74) is 2.21. The van der Waals surface area contributed by atoms with E-state index in [2.05, 4.69) is 0 Å². The number of hydrogen-bond acceptors (Lipinski definition) is 1. The number of benzene rings is 2. The Kier molecular flexibility index (Phi) is 3.76. The molecule has 2 aromatic rings. The maximum atomic E-state index is 13.0. The fourth-order valence-corrected chi connectivity index (χ4v) is 1.84. The number of carboxylic acid groups (broad SMARTS) is 1. The summed E-state index contributed by atoms with van der Waals surface area (Å²) in [6.45, 7) is 1.75. The minimum atomic E-state index is -1.00. The second kappa shape index (κ2) is 5.48. The molecule has 19 heavy (non-hydrogen) atoms. The van der Waals surface area contributed by atoms with Crippen molar-refractivity contribution in [1.82, 2.24) is 0 Å². The summed E-state index contributed by atoms with van der Waals surface area (Å²) in [4.78, 5) is 11.3. The Labute approximate surface area is 110 Å². The van der Waals surface area contributed by atoms with Gasteiger partial charge in [-0.15, -0.1) is 0 Å². The van der Waals surface area contributed by atoms with Crippen LogP contribution >= 0.6 is 0 Å². The molecule has 2 nitrogen and oxygen atoms in total. The molecule has 0 unspecified atom stereocenters. The average Bonchev–Trinajstić information content (AvgIpc) is 2.38. The maximum Gasteiger partial charge on any atom is 0.336 e. The molecule has 0 heterocycles. The summed E-state index contributed by atoms with van der Waals surface area (Å²) >= 11 is 0. The van der Waals surface area contributed by atoms with Crippen LogP contribution in [0, 0.1) is 12.7 Å². The molecule has 0 radical (unpaired) electrons. The number of carbonyl (C=O) groups is 1. The molecule has 0 atom stereocenters. The molecule has 0 bridgehead atoms. The van der Waals surface area contributed by atoms with Gasteiger partial charge in [-0.2, -0.15) is 0 Å². The van der Waals surface area contributed by atoms with Crippen molar-refractivity contribution in [2.75, 3.05) is 0 Å². The van der Waals surface area contributed by atoms with E-state index < -0.39 is 5.97 Å². The zero-order chi connectivity index (χ0) is 13.8. The van der Waals surface area contributed by atoms with Gasteiger partial charge in [0.05, 0.1) is 5.57 Å². The van der Waals surface area contributed by atoms with Crippen LogP contribution in [0.5, 0.6) is 0 Å². The van der Waals surface area contributed by atoms with E-state index in [-0.39, 0.29) is 11.4 Å². The number of hydrogen-bond donors (Lipinski definition) is 1. The van der Waals surface area contributed by atoms with Crippen molar-refractivity contribution >= 4 is 17.6 Å². The van der Waals surface area contributed by atoms with E-state index in [1.54, 1.807) is 43.3 Å². The van der Waals surface area contributed by atoms with E-state index >= 15 is 0 Å². The van der Waals surface area contributed by atoms with Crippen molar-refractivity contribution in [3.8, 4) is 0 Å². The summed E-state index contributed by atoms with van der Waals surface area (Å²) < 4.78 is 13.0. The first-order chi connectivity index (χ1) is 9.08. The van der Waals surface area contributed by atoms with Gasteiger partial charge in [-0.25, -0.2) is 9.18 Å². The monoisotopic (exact) mass is 256 g/mol. The first-order valence-corrected chi connectivity index (χ1v) is 5.84. The minimum Gasteiger partial charge on any atom is -0.478 e. The fourth-order valence-electron chi connectivity index (χ4n) is 1.84. The third-order valence-electron chi connectivity index (χ3n) is 2.85. The van der Waals surface area contributed by atoms with Crippen molar-refractivity contribution < 1.29 is 14.3 Å². The van der Waals surface area contributed by atoms with Crippen LogP contribution in [0.25, 0.3) is 11.6 Å². The van der Waals surface area contributed by atoms with Gasteiger partial charge in [0.1, 0.15) is 5.82 Å². The Balaban J connectivity index is 2.51. The predicted molar refractivity (Wildman–Crippen MR) is 73.1 cm³/mol. The zero-order valence-corrected chi connectivity index (χ0v) is 10.4. The lowest BCUT2D eigenvalue weighted by Gasteiger charge is -2.05. The second-order valence-corrected chi connectivity index (χ2v) is 4.23. The van der Waals surface area contributed by atoms with Crippen LogP contribution in [0.3, 0.4) is 0 Å². The number of aliphatic carboxylic acids is 1. The topological polar surface area (TPSA) is 37.3 Å². The van der Waals surface area contributed by atoms with E-state index in [1.165, 1.54) is 12.1 Å². The Morgan fingerprint density at radius 2 is 1.84 bits per heavy atom. The van der Waals surface area contributed by atoms with Crippen LogP contribution in [-0.4, -0.2) is 11.1 Å². The molecule has 0 aromatic heterocycles. The van der Waals surface area contributed by atoms with Gasteiger partial charge in [0.2, 0.25) is 0 Å². The summed E-state index contributed by atoms with van der Waals surface area (Å²) in [6.07, 6.45) is 1.56. The molecule has 2 aromatic carbocycles. The molecule has 0 aliphatic carbocycles. The molecule has 1 N–H and O–H groups in total. The van der Waals surface area contributed by atoms with Gasteiger partial charge in [0, 0.05) is 0 Å². The highest BCUT2D eigenvalue weighted by atomic mass is 19.1. The predicted octanol–water partition coefficient (Wildman–Crippen LogP) is 3.76. The van der Waals surface area contributed by atoms with E-state index in [9.17, 15) is 14.3 Å². The van der Waals surface area contributed by atoms with Gasteiger partial charge in [-0.1, -0.05) is 36.4 Å². The van der Waals surface area contributed by atoms with Crippen molar-refractivity contribution in [2.45, 2.75) is 6.92 Å². The van der Waals surface area contributed by atoms with Crippen LogP contribution < -0.4 is 0 Å². The summed E-state index contributed by atoms with van der Waals surface area (Å²) in [5, 5.41) is 9.29. The van der Waals surface area contributed by atoms with E-state index in [4.69, 9.17) is 0 Å². The van der Waals surface area contributed by atoms with Gasteiger partial charge in [0.15, 0.2) is 0 Å². The molecular weight excluding hydrogens is 243 g/mol. The van der Waals surface area contributed by atoms with Gasteiger partial charge < -0.3 is 5.11 Å². The second-order valence-electron chi connectivity index (χ2n) is 4.23. The molecule has 3 heteroatoms. The highest BCUT2D eigenvalue weighted by Crippen LogP contribution is 2.20. The van der Waals surface area contributed by atoms with Crippen LogP contribution in [0.15, 0.2) is 48.5 Å². The van der Waals surface area contributed by atoms with Crippen LogP contribution in [0.4, 0.5) is 4.39 Å². The van der Waals surface area contributed by atoms with Gasteiger partial charge in [-0.05, 0) is 41.8 Å². The van der Waals surface area contributed by atoms with E-state index in [0.29, 0.717) is 16.7 Å². The highest BCUT2D eigenvalue weighted by molar-refractivity contribution is 6.20. The molecule has 0 aliphatic rings. The third-order valence-corrected chi connectivity index (χ3v) is 2.85. The molecule has 0 fully saturated rings. The lowest BCUT2D eigenvalue weighted by Crippen LogP contribution is -1.99. The van der Waals surface area contributed by atoms with Gasteiger partial charge in [-0.3, -0.25) is 0 Å². The SMILES string of the molecule is Cc1cc(F)ccc1/C=C(/C(=O)O)c1ccccc1. The maximum absolute atomic E-state index is 13.0. The van der Waals surface area contributed by atoms with E-state index in [0.717, 1.165) is 0 Å². The molecule has 0 aliphatic heterocycles. The Hall–Kier alpha value is -2.42. The Bertz CT molecular complexity index is 630. The van der Waals surface area contributed by atoms with Crippen LogP contribution in [0.2, 0.25) is 0 Å². The smallest absolute Gasteiger partial charge is 0.336 e. The van der Waals surface area contributed by atoms with Crippen molar-refractivity contribution in [2.24, 2.45) is 0 Å². The van der Waals surface area contributed by atoms with Gasteiger partial charge >= 0.3 is 5.97 Å². The number of halogens is 1.